The van der Waals surface area contributed by atoms with Gasteiger partial charge >= 0.3 is 0 Å². The molecule has 1 N–H and O–H groups in total. The van der Waals surface area contributed by atoms with Crippen molar-refractivity contribution >= 4 is 15.8 Å². The Morgan fingerprint density at radius 3 is 2.68 bits per heavy atom. The summed E-state index contributed by atoms with van der Waals surface area (Å²) in [6.45, 7) is 5.79. The normalized spacial score (nSPS) is 24.5. The van der Waals surface area contributed by atoms with E-state index in [1.165, 1.54) is 12.8 Å². The summed E-state index contributed by atoms with van der Waals surface area (Å²) in [7, 11) is -0.826. The van der Waals surface area contributed by atoms with Crippen molar-refractivity contribution in [2.24, 2.45) is 16.8 Å². The average molecular weight is 331 g/mol. The molecule has 0 radical (unpaired) electrons. The summed E-state index contributed by atoms with van der Waals surface area (Å²) >= 11 is 0. The number of ether oxygens (including phenoxy) is 1. The summed E-state index contributed by atoms with van der Waals surface area (Å²) in [6, 6.07) is 0. The molecular formula is C15H29N3O3S. The van der Waals surface area contributed by atoms with E-state index in [1.54, 1.807) is 0 Å². The van der Waals surface area contributed by atoms with Gasteiger partial charge in [0.2, 0.25) is 0 Å². The van der Waals surface area contributed by atoms with Crippen LogP contribution < -0.4 is 5.32 Å². The second-order valence-corrected chi connectivity index (χ2v) is 8.63. The summed E-state index contributed by atoms with van der Waals surface area (Å²) < 4.78 is 28.6. The lowest BCUT2D eigenvalue weighted by Gasteiger charge is -2.22. The van der Waals surface area contributed by atoms with Gasteiger partial charge < -0.3 is 15.0 Å². The number of nitrogens with one attached hydrogen (secondary N) is 1. The van der Waals surface area contributed by atoms with Gasteiger partial charge in [-0.3, -0.25) is 4.99 Å². The number of aliphatic imine (C=N–C) groups is 1. The fraction of sp³-hybridized carbons (Fsp3) is 0.933. The topological polar surface area (TPSA) is 71.0 Å². The molecule has 0 aromatic rings. The van der Waals surface area contributed by atoms with Crippen LogP contribution in [0.1, 0.15) is 26.2 Å². The highest BCUT2D eigenvalue weighted by atomic mass is 32.2. The van der Waals surface area contributed by atoms with Crippen LogP contribution in [0.5, 0.6) is 0 Å². The summed E-state index contributed by atoms with van der Waals surface area (Å²) in [5.41, 5.74) is 0. The lowest BCUT2D eigenvalue weighted by Crippen LogP contribution is -2.41. The standard InChI is InChI=1S/C15H29N3O3S/c1-3-16-15(17-10-14-6-9-22(19,20)12-14)18(2)7-8-21-11-13-4-5-13/h13-14H,3-12H2,1-2H3,(H,16,17). The van der Waals surface area contributed by atoms with Crippen molar-refractivity contribution in [2.45, 2.75) is 26.2 Å². The highest BCUT2D eigenvalue weighted by molar-refractivity contribution is 7.91. The molecule has 6 nitrogen and oxygen atoms in total. The van der Waals surface area contributed by atoms with Crippen molar-refractivity contribution < 1.29 is 13.2 Å². The molecule has 1 heterocycles. The van der Waals surface area contributed by atoms with Crippen molar-refractivity contribution in [2.75, 3.05) is 51.4 Å². The molecule has 0 aromatic carbocycles. The van der Waals surface area contributed by atoms with Crippen LogP contribution in [0, 0.1) is 11.8 Å². The number of hydrogen-bond acceptors (Lipinski definition) is 4. The molecule has 22 heavy (non-hydrogen) atoms. The fourth-order valence-corrected chi connectivity index (χ4v) is 4.39. The Hall–Kier alpha value is -0.820. The Kier molecular flexibility index (Phi) is 6.50. The van der Waals surface area contributed by atoms with Crippen molar-refractivity contribution in [1.82, 2.24) is 10.2 Å². The predicted molar refractivity (Wildman–Crippen MR) is 88.9 cm³/mol. The van der Waals surface area contributed by atoms with Gasteiger partial charge in [0, 0.05) is 33.3 Å². The zero-order chi connectivity index (χ0) is 16.0. The minimum atomic E-state index is -2.82. The fourth-order valence-electron chi connectivity index (χ4n) is 2.54. The zero-order valence-corrected chi connectivity index (χ0v) is 14.6. The van der Waals surface area contributed by atoms with Crippen LogP contribution >= 0.6 is 0 Å². The summed E-state index contributed by atoms with van der Waals surface area (Å²) in [4.78, 5) is 6.65. The smallest absolute Gasteiger partial charge is 0.193 e. The lowest BCUT2D eigenvalue weighted by atomic mass is 10.1. The Labute approximate surface area is 134 Å². The number of rotatable bonds is 8. The largest absolute Gasteiger partial charge is 0.379 e. The summed E-state index contributed by atoms with van der Waals surface area (Å²) in [5, 5.41) is 3.26. The number of guanidine groups is 1. The van der Waals surface area contributed by atoms with Crippen LogP contribution in [-0.2, 0) is 14.6 Å². The molecule has 0 aromatic heterocycles. The Balaban J connectivity index is 1.75. The lowest BCUT2D eigenvalue weighted by molar-refractivity contribution is 0.115. The highest BCUT2D eigenvalue weighted by Gasteiger charge is 2.27. The van der Waals surface area contributed by atoms with E-state index in [-0.39, 0.29) is 11.7 Å². The second kappa shape index (κ2) is 8.15. The van der Waals surface area contributed by atoms with Crippen LogP contribution in [0.15, 0.2) is 4.99 Å². The van der Waals surface area contributed by atoms with Crippen LogP contribution in [0.2, 0.25) is 0 Å². The number of likely N-dealkylation sites (N-methyl/N-ethyl adjacent to an activating group) is 1. The molecule has 0 amide bonds. The third-order valence-corrected chi connectivity index (χ3v) is 5.98. The van der Waals surface area contributed by atoms with Gasteiger partial charge in [0.25, 0.3) is 0 Å². The zero-order valence-electron chi connectivity index (χ0n) is 13.8. The second-order valence-electron chi connectivity index (χ2n) is 6.40. The molecule has 1 saturated carbocycles. The van der Waals surface area contributed by atoms with Crippen LogP contribution in [0.25, 0.3) is 0 Å². The van der Waals surface area contributed by atoms with Gasteiger partial charge in [0.15, 0.2) is 15.8 Å². The summed E-state index contributed by atoms with van der Waals surface area (Å²) in [5.74, 6) is 2.38. The van der Waals surface area contributed by atoms with Crippen molar-refractivity contribution in [3.05, 3.63) is 0 Å². The maximum atomic E-state index is 11.5. The third-order valence-electron chi connectivity index (χ3n) is 4.14. The molecule has 7 heteroatoms. The van der Waals surface area contributed by atoms with E-state index in [0.29, 0.717) is 18.9 Å². The van der Waals surface area contributed by atoms with E-state index < -0.39 is 9.84 Å². The molecule has 1 aliphatic carbocycles. The molecule has 1 aliphatic heterocycles. The number of nitrogens with zero attached hydrogens (tertiary/aromatic N) is 2. The van der Waals surface area contributed by atoms with E-state index in [4.69, 9.17) is 4.74 Å². The SMILES string of the molecule is CCNC(=NCC1CCS(=O)(=O)C1)N(C)CCOCC1CC1. The van der Waals surface area contributed by atoms with Crippen LogP contribution in [0.3, 0.4) is 0 Å². The first kappa shape index (κ1) is 17.5. The monoisotopic (exact) mass is 331 g/mol. The molecule has 1 unspecified atom stereocenters. The molecule has 0 bridgehead atoms. The minimum absolute atomic E-state index is 0.165. The van der Waals surface area contributed by atoms with E-state index >= 15 is 0 Å². The average Bonchev–Trinajstić information content (AvgIpc) is 3.22. The van der Waals surface area contributed by atoms with Crippen LogP contribution in [-0.4, -0.2) is 70.7 Å². The van der Waals surface area contributed by atoms with Crippen LogP contribution in [0.4, 0.5) is 0 Å². The maximum absolute atomic E-state index is 11.5. The number of hydrogen-bond donors (Lipinski definition) is 1. The van der Waals surface area contributed by atoms with Gasteiger partial charge in [-0.25, -0.2) is 8.42 Å². The Morgan fingerprint density at radius 1 is 1.32 bits per heavy atom. The quantitative estimate of drug-likeness (QED) is 0.404. The molecule has 2 rings (SSSR count). The first-order chi connectivity index (χ1) is 10.5. The van der Waals surface area contributed by atoms with Gasteiger partial charge in [-0.05, 0) is 38.0 Å². The van der Waals surface area contributed by atoms with E-state index in [0.717, 1.165) is 38.0 Å². The van der Waals surface area contributed by atoms with E-state index in [2.05, 4.69) is 15.2 Å². The predicted octanol–water partition coefficient (Wildman–Crippen LogP) is 0.745. The molecule has 1 atom stereocenters. The van der Waals surface area contributed by atoms with Crippen molar-refractivity contribution in [3.8, 4) is 0 Å². The minimum Gasteiger partial charge on any atom is -0.379 e. The van der Waals surface area contributed by atoms with E-state index in [1.807, 2.05) is 14.0 Å². The number of sulfone groups is 1. The Bertz CT molecular complexity index is 474. The van der Waals surface area contributed by atoms with Gasteiger partial charge in [-0.2, -0.15) is 0 Å². The van der Waals surface area contributed by atoms with E-state index in [9.17, 15) is 8.42 Å². The Morgan fingerprint density at radius 2 is 2.09 bits per heavy atom. The third kappa shape index (κ3) is 6.12. The maximum Gasteiger partial charge on any atom is 0.193 e. The van der Waals surface area contributed by atoms with Crippen molar-refractivity contribution in [1.29, 1.82) is 0 Å². The highest BCUT2D eigenvalue weighted by Crippen LogP contribution is 2.28. The summed E-state index contributed by atoms with van der Waals surface area (Å²) in [6.07, 6.45) is 3.36. The molecule has 128 valence electrons. The molecular weight excluding hydrogens is 302 g/mol. The van der Waals surface area contributed by atoms with Gasteiger partial charge in [-0.15, -0.1) is 0 Å². The molecule has 0 spiro atoms. The van der Waals surface area contributed by atoms with Gasteiger partial charge in [-0.1, -0.05) is 0 Å². The first-order valence-electron chi connectivity index (χ1n) is 8.28. The molecule has 2 fully saturated rings. The first-order valence-corrected chi connectivity index (χ1v) is 10.1. The van der Waals surface area contributed by atoms with Gasteiger partial charge in [0.05, 0.1) is 18.1 Å². The molecule has 1 saturated heterocycles. The van der Waals surface area contributed by atoms with Gasteiger partial charge in [0.1, 0.15) is 0 Å². The molecule has 2 aliphatic rings. The van der Waals surface area contributed by atoms with Crippen molar-refractivity contribution in [3.63, 3.8) is 0 Å².